The summed E-state index contributed by atoms with van der Waals surface area (Å²) in [6.07, 6.45) is 10.3. The predicted molar refractivity (Wildman–Crippen MR) is 52.2 cm³/mol. The highest BCUT2D eigenvalue weighted by atomic mass is 16.3. The van der Waals surface area contributed by atoms with Gasteiger partial charge in [-0.1, -0.05) is 18.2 Å². The monoisotopic (exact) mass is 186 g/mol. The van der Waals surface area contributed by atoms with Gasteiger partial charge >= 0.3 is 0 Å². The van der Waals surface area contributed by atoms with Gasteiger partial charge in [0.25, 0.3) is 0 Å². The molecule has 0 aliphatic heterocycles. The number of nitriles is 1. The molecule has 0 N–H and O–H groups in total. The molecule has 1 aromatic rings. The summed E-state index contributed by atoms with van der Waals surface area (Å²) in [5, 5.41) is 8.46. The number of rotatable bonds is 2. The van der Waals surface area contributed by atoms with E-state index in [9.17, 15) is 0 Å². The fourth-order valence-electron chi connectivity index (χ4n) is 1.40. The van der Waals surface area contributed by atoms with Crippen molar-refractivity contribution in [2.45, 2.75) is 19.3 Å². The van der Waals surface area contributed by atoms with Crippen molar-refractivity contribution in [3.63, 3.8) is 0 Å². The molecule has 2 rings (SSSR count). The molecule has 0 saturated heterocycles. The van der Waals surface area contributed by atoms with Crippen LogP contribution in [-0.2, 0) is 6.42 Å². The Morgan fingerprint density at radius 2 is 2.43 bits per heavy atom. The first-order chi connectivity index (χ1) is 6.90. The third-order valence-corrected chi connectivity index (χ3v) is 2.07. The molecule has 0 saturated carbocycles. The lowest BCUT2D eigenvalue weighted by molar-refractivity contribution is 0.510. The van der Waals surface area contributed by atoms with Gasteiger partial charge in [0.1, 0.15) is 18.4 Å². The third kappa shape index (κ3) is 1.74. The first-order valence-corrected chi connectivity index (χ1v) is 4.58. The van der Waals surface area contributed by atoms with Crippen molar-refractivity contribution in [3.05, 3.63) is 36.1 Å². The highest BCUT2D eigenvalue weighted by Crippen LogP contribution is 2.20. The average molecular weight is 186 g/mol. The molecule has 1 aliphatic rings. The molecule has 0 atom stereocenters. The van der Waals surface area contributed by atoms with E-state index in [1.807, 2.05) is 12.1 Å². The zero-order valence-electron chi connectivity index (χ0n) is 7.73. The van der Waals surface area contributed by atoms with Crippen molar-refractivity contribution in [1.29, 1.82) is 5.26 Å². The van der Waals surface area contributed by atoms with Crippen molar-refractivity contribution >= 4 is 5.57 Å². The maximum Gasteiger partial charge on any atom is 0.208 e. The summed E-state index contributed by atoms with van der Waals surface area (Å²) < 4.78 is 5.15. The number of hydrogen-bond donors (Lipinski definition) is 0. The third-order valence-electron chi connectivity index (χ3n) is 2.07. The van der Waals surface area contributed by atoms with E-state index in [4.69, 9.17) is 9.68 Å². The van der Waals surface area contributed by atoms with Gasteiger partial charge in [0.2, 0.25) is 5.89 Å². The van der Waals surface area contributed by atoms with Crippen LogP contribution < -0.4 is 0 Å². The molecule has 0 amide bonds. The molecule has 0 radical (unpaired) electrons. The van der Waals surface area contributed by atoms with E-state index >= 15 is 0 Å². The standard InChI is InChI=1S/C11H10N2O/c12-7-6-11-13-10(8-14-11)9-4-2-1-3-5-9/h2,4-5,8H,1,3,6H2. The molecule has 0 aromatic carbocycles. The molecule has 1 heterocycles. The van der Waals surface area contributed by atoms with E-state index in [-0.39, 0.29) is 6.42 Å². The van der Waals surface area contributed by atoms with E-state index in [1.165, 1.54) is 0 Å². The van der Waals surface area contributed by atoms with Gasteiger partial charge in [0.05, 0.1) is 6.07 Å². The van der Waals surface area contributed by atoms with Crippen molar-refractivity contribution in [1.82, 2.24) is 4.98 Å². The highest BCUT2D eigenvalue weighted by Gasteiger charge is 2.07. The topological polar surface area (TPSA) is 49.8 Å². The molecule has 14 heavy (non-hydrogen) atoms. The summed E-state index contributed by atoms with van der Waals surface area (Å²) in [4.78, 5) is 4.21. The maximum absolute atomic E-state index is 8.46. The Bertz CT molecular complexity index is 421. The number of hydrogen-bond acceptors (Lipinski definition) is 3. The lowest BCUT2D eigenvalue weighted by Gasteiger charge is -2.01. The Morgan fingerprint density at radius 3 is 3.14 bits per heavy atom. The van der Waals surface area contributed by atoms with Crippen LogP contribution in [0.25, 0.3) is 5.57 Å². The summed E-state index contributed by atoms with van der Waals surface area (Å²) >= 11 is 0. The summed E-state index contributed by atoms with van der Waals surface area (Å²) in [6, 6.07) is 2.01. The molecule has 3 nitrogen and oxygen atoms in total. The highest BCUT2D eigenvalue weighted by molar-refractivity contribution is 5.71. The minimum Gasteiger partial charge on any atom is -0.447 e. The van der Waals surface area contributed by atoms with Crippen molar-refractivity contribution in [2.75, 3.05) is 0 Å². The number of nitrogens with zero attached hydrogens (tertiary/aromatic N) is 2. The molecule has 1 aliphatic carbocycles. The minimum absolute atomic E-state index is 0.233. The molecule has 0 unspecified atom stereocenters. The zero-order chi connectivity index (χ0) is 9.80. The van der Waals surface area contributed by atoms with Crippen LogP contribution in [0, 0.1) is 11.3 Å². The Hall–Kier alpha value is -1.82. The molecule has 3 heteroatoms. The van der Waals surface area contributed by atoms with Gasteiger partial charge in [-0.2, -0.15) is 5.26 Å². The van der Waals surface area contributed by atoms with E-state index in [0.717, 1.165) is 24.1 Å². The summed E-state index contributed by atoms with van der Waals surface area (Å²) in [5.74, 6) is 0.488. The van der Waals surface area contributed by atoms with Crippen molar-refractivity contribution in [3.8, 4) is 6.07 Å². The second-order valence-corrected chi connectivity index (χ2v) is 3.10. The van der Waals surface area contributed by atoms with Gasteiger partial charge in [0.15, 0.2) is 0 Å². The number of aromatic nitrogens is 1. The van der Waals surface area contributed by atoms with Crippen LogP contribution in [0.4, 0.5) is 0 Å². The smallest absolute Gasteiger partial charge is 0.208 e. The van der Waals surface area contributed by atoms with Crippen molar-refractivity contribution in [2.24, 2.45) is 0 Å². The Kier molecular flexibility index (Phi) is 2.46. The normalized spacial score (nSPS) is 14.9. The maximum atomic E-state index is 8.46. The van der Waals surface area contributed by atoms with E-state index < -0.39 is 0 Å². The predicted octanol–water partition coefficient (Wildman–Crippen LogP) is 2.47. The minimum atomic E-state index is 0.233. The zero-order valence-corrected chi connectivity index (χ0v) is 7.73. The lowest BCUT2D eigenvalue weighted by Crippen LogP contribution is -1.87. The summed E-state index contributed by atoms with van der Waals surface area (Å²) in [6.45, 7) is 0. The van der Waals surface area contributed by atoms with Crippen LogP contribution in [0.2, 0.25) is 0 Å². The molecule has 1 aromatic heterocycles. The van der Waals surface area contributed by atoms with Gasteiger partial charge in [-0.05, 0) is 18.4 Å². The molecule has 0 fully saturated rings. The lowest BCUT2D eigenvalue weighted by atomic mass is 10.1. The van der Waals surface area contributed by atoms with Gasteiger partial charge < -0.3 is 4.42 Å². The van der Waals surface area contributed by atoms with Crippen molar-refractivity contribution < 1.29 is 4.42 Å². The quantitative estimate of drug-likeness (QED) is 0.712. The fraction of sp³-hybridized carbons (Fsp3) is 0.273. The molecule has 70 valence electrons. The second kappa shape index (κ2) is 3.93. The van der Waals surface area contributed by atoms with Crippen LogP contribution in [0.3, 0.4) is 0 Å². The van der Waals surface area contributed by atoms with Gasteiger partial charge in [-0.3, -0.25) is 0 Å². The van der Waals surface area contributed by atoms with E-state index in [2.05, 4.69) is 17.1 Å². The Morgan fingerprint density at radius 1 is 1.50 bits per heavy atom. The first-order valence-electron chi connectivity index (χ1n) is 4.58. The van der Waals surface area contributed by atoms with Crippen LogP contribution in [-0.4, -0.2) is 4.98 Å². The largest absolute Gasteiger partial charge is 0.447 e. The Balaban J connectivity index is 2.21. The summed E-state index contributed by atoms with van der Waals surface area (Å²) in [5.41, 5.74) is 1.91. The molecular weight excluding hydrogens is 176 g/mol. The number of allylic oxidation sites excluding steroid dienone is 4. The Labute approximate surface area is 82.4 Å². The van der Waals surface area contributed by atoms with E-state index in [1.54, 1.807) is 6.26 Å². The van der Waals surface area contributed by atoms with Crippen LogP contribution in [0.15, 0.2) is 28.9 Å². The summed E-state index contributed by atoms with van der Waals surface area (Å²) in [7, 11) is 0. The first kappa shape index (κ1) is 8.76. The SMILES string of the molecule is N#CCc1nc(C2=CCCC=C2)co1. The fourth-order valence-corrected chi connectivity index (χ4v) is 1.40. The molecule has 0 bridgehead atoms. The number of oxazole rings is 1. The second-order valence-electron chi connectivity index (χ2n) is 3.10. The van der Waals surface area contributed by atoms with E-state index in [0.29, 0.717) is 5.89 Å². The van der Waals surface area contributed by atoms with Crippen LogP contribution >= 0.6 is 0 Å². The molecular formula is C11H10N2O. The average Bonchev–Trinajstić information content (AvgIpc) is 2.68. The van der Waals surface area contributed by atoms with Gasteiger partial charge in [-0.25, -0.2) is 4.98 Å². The van der Waals surface area contributed by atoms with Crippen LogP contribution in [0.1, 0.15) is 24.4 Å². The van der Waals surface area contributed by atoms with Gasteiger partial charge in [-0.15, -0.1) is 0 Å². The van der Waals surface area contributed by atoms with Gasteiger partial charge in [0, 0.05) is 0 Å². The molecule has 0 spiro atoms. The van der Waals surface area contributed by atoms with Crippen LogP contribution in [0.5, 0.6) is 0 Å².